The summed E-state index contributed by atoms with van der Waals surface area (Å²) in [5.41, 5.74) is 0. The predicted octanol–water partition coefficient (Wildman–Crippen LogP) is 3.43. The van der Waals surface area contributed by atoms with E-state index in [0.717, 1.165) is 38.8 Å². The van der Waals surface area contributed by atoms with Crippen LogP contribution in [0.15, 0.2) is 0 Å². The molecule has 1 heterocycles. The molecule has 0 aromatic carbocycles. The second kappa shape index (κ2) is 7.44. The van der Waals surface area contributed by atoms with Crippen molar-refractivity contribution in [3.8, 4) is 0 Å². The Morgan fingerprint density at radius 2 is 1.50 bits per heavy atom. The average molecular weight is 249 g/mol. The summed E-state index contributed by atoms with van der Waals surface area (Å²) in [7, 11) is -2.99. The van der Waals surface area contributed by atoms with Crippen molar-refractivity contribution in [3.05, 3.63) is 0 Å². The third-order valence-corrected chi connectivity index (χ3v) is 4.71. The molecular formula is C11H24NO3P. The van der Waals surface area contributed by atoms with Gasteiger partial charge in [-0.05, 0) is 25.7 Å². The number of hydrogen-bond donors (Lipinski definition) is 0. The van der Waals surface area contributed by atoms with Gasteiger partial charge in [-0.25, -0.2) is 9.24 Å². The van der Waals surface area contributed by atoms with Gasteiger partial charge in [-0.2, -0.15) is 0 Å². The molecule has 0 bridgehead atoms. The van der Waals surface area contributed by atoms with Gasteiger partial charge in [0.1, 0.15) is 0 Å². The van der Waals surface area contributed by atoms with Gasteiger partial charge >= 0.3 is 7.75 Å². The molecule has 1 aliphatic heterocycles. The van der Waals surface area contributed by atoms with Crippen LogP contribution in [-0.2, 0) is 13.6 Å². The molecule has 1 aliphatic rings. The number of piperidine rings is 1. The van der Waals surface area contributed by atoms with Crippen LogP contribution in [0, 0.1) is 0 Å². The molecule has 0 radical (unpaired) electrons. The van der Waals surface area contributed by atoms with E-state index in [1.165, 1.54) is 6.42 Å². The van der Waals surface area contributed by atoms with Crippen LogP contribution in [0.2, 0.25) is 0 Å². The molecule has 1 saturated heterocycles. The first-order valence-electron chi connectivity index (χ1n) is 6.37. The third kappa shape index (κ3) is 4.17. The number of hydrogen-bond acceptors (Lipinski definition) is 3. The van der Waals surface area contributed by atoms with Gasteiger partial charge in [0.15, 0.2) is 0 Å². The van der Waals surface area contributed by atoms with Crippen molar-refractivity contribution < 1.29 is 13.6 Å². The Labute approximate surface area is 98.9 Å². The first-order chi connectivity index (χ1) is 7.73. The maximum atomic E-state index is 12.6. The minimum absolute atomic E-state index is 0.511. The lowest BCUT2D eigenvalue weighted by Gasteiger charge is -2.32. The minimum Gasteiger partial charge on any atom is -0.297 e. The highest BCUT2D eigenvalue weighted by molar-refractivity contribution is 7.51. The molecule has 0 amide bonds. The van der Waals surface area contributed by atoms with E-state index in [0.29, 0.717) is 13.2 Å². The summed E-state index contributed by atoms with van der Waals surface area (Å²) < 4.78 is 25.4. The maximum Gasteiger partial charge on any atom is 0.408 e. The van der Waals surface area contributed by atoms with Crippen molar-refractivity contribution in [1.29, 1.82) is 0 Å². The Kier molecular flexibility index (Phi) is 6.59. The molecule has 0 aromatic rings. The molecule has 96 valence electrons. The summed E-state index contributed by atoms with van der Waals surface area (Å²) in [5.74, 6) is 0. The molecule has 16 heavy (non-hydrogen) atoms. The maximum absolute atomic E-state index is 12.6. The fraction of sp³-hybridized carbons (Fsp3) is 1.00. The SMILES string of the molecule is CCCOP(=O)(OCCC)N1CCCCC1. The van der Waals surface area contributed by atoms with Gasteiger partial charge in [0.05, 0.1) is 13.2 Å². The predicted molar refractivity (Wildman–Crippen MR) is 65.5 cm³/mol. The van der Waals surface area contributed by atoms with Gasteiger partial charge in [0.25, 0.3) is 0 Å². The molecular weight excluding hydrogens is 225 g/mol. The lowest BCUT2D eigenvalue weighted by atomic mass is 10.2. The van der Waals surface area contributed by atoms with Gasteiger partial charge in [-0.15, -0.1) is 0 Å². The fourth-order valence-corrected chi connectivity index (χ4v) is 3.74. The lowest BCUT2D eigenvalue weighted by molar-refractivity contribution is 0.147. The van der Waals surface area contributed by atoms with Crippen molar-refractivity contribution in [3.63, 3.8) is 0 Å². The summed E-state index contributed by atoms with van der Waals surface area (Å²) in [5, 5.41) is 0. The molecule has 0 aromatic heterocycles. The van der Waals surface area contributed by atoms with Crippen LogP contribution in [0.1, 0.15) is 46.0 Å². The highest BCUT2D eigenvalue weighted by atomic mass is 31.2. The Hall–Kier alpha value is 0.110. The van der Waals surface area contributed by atoms with Crippen LogP contribution in [0.4, 0.5) is 0 Å². The van der Waals surface area contributed by atoms with E-state index in [1.54, 1.807) is 0 Å². The van der Waals surface area contributed by atoms with Crippen LogP contribution >= 0.6 is 7.75 Å². The quantitative estimate of drug-likeness (QED) is 0.648. The summed E-state index contributed by atoms with van der Waals surface area (Å²) in [6, 6.07) is 0. The summed E-state index contributed by atoms with van der Waals surface area (Å²) in [6.07, 6.45) is 5.14. The lowest BCUT2D eigenvalue weighted by Crippen LogP contribution is -2.29. The standard InChI is InChI=1S/C11H24NO3P/c1-3-10-14-16(13,15-11-4-2)12-8-6-5-7-9-12/h3-11H2,1-2H3. The van der Waals surface area contributed by atoms with E-state index in [1.807, 2.05) is 18.5 Å². The molecule has 0 unspecified atom stereocenters. The molecule has 0 spiro atoms. The Morgan fingerprint density at radius 1 is 1.00 bits per heavy atom. The van der Waals surface area contributed by atoms with Crippen molar-refractivity contribution in [2.75, 3.05) is 26.3 Å². The van der Waals surface area contributed by atoms with Crippen molar-refractivity contribution in [2.45, 2.75) is 46.0 Å². The molecule has 0 atom stereocenters. The van der Waals surface area contributed by atoms with E-state index in [9.17, 15) is 4.57 Å². The Bertz CT molecular complexity index is 217. The molecule has 4 nitrogen and oxygen atoms in total. The van der Waals surface area contributed by atoms with Gasteiger partial charge < -0.3 is 0 Å². The largest absolute Gasteiger partial charge is 0.408 e. The number of rotatable bonds is 7. The van der Waals surface area contributed by atoms with Crippen LogP contribution in [-0.4, -0.2) is 31.0 Å². The van der Waals surface area contributed by atoms with Crippen LogP contribution in [0.25, 0.3) is 0 Å². The van der Waals surface area contributed by atoms with E-state index >= 15 is 0 Å². The van der Waals surface area contributed by atoms with Gasteiger partial charge in [0, 0.05) is 13.1 Å². The van der Waals surface area contributed by atoms with Crippen molar-refractivity contribution >= 4 is 7.75 Å². The highest BCUT2D eigenvalue weighted by Gasteiger charge is 2.33. The van der Waals surface area contributed by atoms with E-state index in [4.69, 9.17) is 9.05 Å². The minimum atomic E-state index is -2.99. The molecule has 5 heteroatoms. The van der Waals surface area contributed by atoms with Crippen LogP contribution in [0.3, 0.4) is 0 Å². The van der Waals surface area contributed by atoms with E-state index in [-0.39, 0.29) is 0 Å². The summed E-state index contributed by atoms with van der Waals surface area (Å²) in [6.45, 7) is 6.73. The van der Waals surface area contributed by atoms with E-state index in [2.05, 4.69) is 0 Å². The second-order valence-corrected chi connectivity index (χ2v) is 6.17. The molecule has 0 aliphatic carbocycles. The topological polar surface area (TPSA) is 38.8 Å². The molecule has 0 N–H and O–H groups in total. The Morgan fingerprint density at radius 3 is 1.94 bits per heavy atom. The van der Waals surface area contributed by atoms with E-state index < -0.39 is 7.75 Å². The second-order valence-electron chi connectivity index (χ2n) is 4.15. The fourth-order valence-electron chi connectivity index (χ4n) is 1.74. The molecule has 1 rings (SSSR count). The molecule has 0 saturated carbocycles. The monoisotopic (exact) mass is 249 g/mol. The zero-order chi connectivity index (χ0) is 11.9. The first kappa shape index (κ1) is 14.2. The summed E-state index contributed by atoms with van der Waals surface area (Å²) >= 11 is 0. The van der Waals surface area contributed by atoms with Gasteiger partial charge in [-0.1, -0.05) is 20.3 Å². The zero-order valence-corrected chi connectivity index (χ0v) is 11.4. The zero-order valence-electron chi connectivity index (χ0n) is 10.5. The highest BCUT2D eigenvalue weighted by Crippen LogP contribution is 2.53. The van der Waals surface area contributed by atoms with Crippen LogP contribution in [0.5, 0.6) is 0 Å². The average Bonchev–Trinajstić information content (AvgIpc) is 2.35. The normalized spacial score (nSPS) is 18.9. The van der Waals surface area contributed by atoms with Gasteiger partial charge in [0.2, 0.25) is 0 Å². The third-order valence-electron chi connectivity index (χ3n) is 2.60. The first-order valence-corrected chi connectivity index (χ1v) is 7.87. The molecule has 1 fully saturated rings. The summed E-state index contributed by atoms with van der Waals surface area (Å²) in [4.78, 5) is 0. The van der Waals surface area contributed by atoms with Crippen molar-refractivity contribution in [1.82, 2.24) is 4.67 Å². The number of nitrogens with zero attached hydrogens (tertiary/aromatic N) is 1. The smallest absolute Gasteiger partial charge is 0.297 e. The van der Waals surface area contributed by atoms with Gasteiger partial charge in [-0.3, -0.25) is 9.05 Å². The van der Waals surface area contributed by atoms with Crippen LogP contribution < -0.4 is 0 Å². The Balaban J connectivity index is 2.56. The van der Waals surface area contributed by atoms with Crippen molar-refractivity contribution in [2.24, 2.45) is 0 Å².